The lowest BCUT2D eigenvalue weighted by molar-refractivity contribution is 0.540. The van der Waals surface area contributed by atoms with Gasteiger partial charge in [-0.1, -0.05) is 36.9 Å². The molecule has 0 fully saturated rings. The molecule has 0 atom stereocenters. The zero-order valence-corrected chi connectivity index (χ0v) is 10.3. The third-order valence-electron chi connectivity index (χ3n) is 2.06. The van der Waals surface area contributed by atoms with E-state index in [2.05, 4.69) is 17.0 Å². The Morgan fingerprint density at radius 1 is 1.38 bits per heavy atom. The molecule has 3 nitrogen and oxygen atoms in total. The molecule has 0 radical (unpaired) electrons. The molecule has 0 aromatic heterocycles. The van der Waals surface area contributed by atoms with E-state index >= 15 is 0 Å². The van der Waals surface area contributed by atoms with Crippen molar-refractivity contribution in [3.63, 3.8) is 0 Å². The number of benzene rings is 1. The highest BCUT2D eigenvalue weighted by Gasteiger charge is 1.96. The second-order valence-corrected chi connectivity index (χ2v) is 3.58. The van der Waals surface area contributed by atoms with Gasteiger partial charge in [0, 0.05) is 14.1 Å². The molecule has 0 heterocycles. The average molecular weight is 233 g/mol. The van der Waals surface area contributed by atoms with Crippen molar-refractivity contribution in [1.29, 1.82) is 0 Å². The Labute approximate surface area is 101 Å². The molecule has 16 heavy (non-hydrogen) atoms. The van der Waals surface area contributed by atoms with Gasteiger partial charge in [0.05, 0.1) is 6.21 Å². The smallest absolute Gasteiger partial charge is 0.189 e. The molecular weight excluding hydrogens is 218 g/mol. The number of nitrogens with zero attached hydrogens (tertiary/aromatic N) is 2. The first kappa shape index (κ1) is 12.4. The van der Waals surface area contributed by atoms with Crippen LogP contribution in [0.1, 0.15) is 11.1 Å². The van der Waals surface area contributed by atoms with Crippen molar-refractivity contribution >= 4 is 29.6 Å². The van der Waals surface area contributed by atoms with Gasteiger partial charge in [-0.25, -0.2) is 5.01 Å². The largest absolute Gasteiger partial charge is 0.364 e. The van der Waals surface area contributed by atoms with Crippen LogP contribution in [0.15, 0.2) is 35.9 Å². The molecule has 0 saturated heterocycles. The van der Waals surface area contributed by atoms with E-state index in [1.165, 1.54) is 0 Å². The van der Waals surface area contributed by atoms with E-state index in [0.29, 0.717) is 5.11 Å². The Kier molecular flexibility index (Phi) is 4.66. The number of hydrazone groups is 1. The van der Waals surface area contributed by atoms with Crippen LogP contribution in [0, 0.1) is 0 Å². The first-order valence-corrected chi connectivity index (χ1v) is 5.30. The van der Waals surface area contributed by atoms with Crippen LogP contribution in [-0.2, 0) is 0 Å². The van der Waals surface area contributed by atoms with Crippen molar-refractivity contribution in [3.05, 3.63) is 42.0 Å². The minimum absolute atomic E-state index is 0.582. The predicted octanol–water partition coefficient (Wildman–Crippen LogP) is 2.10. The Morgan fingerprint density at radius 3 is 2.44 bits per heavy atom. The van der Waals surface area contributed by atoms with Crippen molar-refractivity contribution in [2.75, 3.05) is 14.1 Å². The summed E-state index contributed by atoms with van der Waals surface area (Å²) in [4.78, 5) is 0. The van der Waals surface area contributed by atoms with Gasteiger partial charge in [-0.05, 0) is 23.3 Å². The Morgan fingerprint density at radius 2 is 1.94 bits per heavy atom. The molecule has 1 rings (SSSR count). The van der Waals surface area contributed by atoms with Gasteiger partial charge in [0.25, 0.3) is 0 Å². The topological polar surface area (TPSA) is 27.6 Å². The summed E-state index contributed by atoms with van der Waals surface area (Å²) in [5.41, 5.74) is 2.12. The molecule has 0 aliphatic carbocycles. The maximum absolute atomic E-state index is 5.02. The second-order valence-electron chi connectivity index (χ2n) is 3.19. The van der Waals surface area contributed by atoms with Crippen molar-refractivity contribution in [1.82, 2.24) is 10.3 Å². The van der Waals surface area contributed by atoms with E-state index in [1.807, 2.05) is 30.3 Å². The number of hydrogen-bond acceptors (Lipinski definition) is 2. The Bertz CT molecular complexity index is 395. The lowest BCUT2D eigenvalue weighted by atomic mass is 10.1. The first-order chi connectivity index (χ1) is 7.67. The maximum Gasteiger partial charge on any atom is 0.189 e. The van der Waals surface area contributed by atoms with E-state index in [9.17, 15) is 0 Å². The van der Waals surface area contributed by atoms with Gasteiger partial charge in [0.1, 0.15) is 0 Å². The summed E-state index contributed by atoms with van der Waals surface area (Å²) in [6, 6.07) is 7.95. The standard InChI is InChI=1S/C12H15N3S/c1-4-10-5-7-11(8-6-10)9-14-15(3)12(16)13-2/h4-9H,1H2,2-3H3,(H,13,16)/b14-9+. The lowest BCUT2D eigenvalue weighted by Crippen LogP contribution is -2.30. The molecule has 0 aliphatic rings. The predicted molar refractivity (Wildman–Crippen MR) is 73.5 cm³/mol. The van der Waals surface area contributed by atoms with E-state index in [0.717, 1.165) is 11.1 Å². The van der Waals surface area contributed by atoms with Crippen LogP contribution >= 0.6 is 12.2 Å². The molecule has 1 aromatic carbocycles. The van der Waals surface area contributed by atoms with E-state index in [1.54, 1.807) is 25.3 Å². The fourth-order valence-electron chi connectivity index (χ4n) is 1.09. The van der Waals surface area contributed by atoms with Gasteiger partial charge in [0.2, 0.25) is 0 Å². The summed E-state index contributed by atoms with van der Waals surface area (Å²) in [6.07, 6.45) is 3.57. The fraction of sp³-hybridized carbons (Fsp3) is 0.167. The normalized spacial score (nSPS) is 10.1. The zero-order valence-electron chi connectivity index (χ0n) is 9.47. The number of hydrogen-bond donors (Lipinski definition) is 1. The highest BCUT2D eigenvalue weighted by Crippen LogP contribution is 2.03. The van der Waals surface area contributed by atoms with Crippen LogP contribution in [0.4, 0.5) is 0 Å². The molecule has 0 saturated carbocycles. The van der Waals surface area contributed by atoms with Crippen LogP contribution in [-0.4, -0.2) is 30.4 Å². The minimum Gasteiger partial charge on any atom is -0.364 e. The van der Waals surface area contributed by atoms with Crippen molar-refractivity contribution < 1.29 is 0 Å². The summed E-state index contributed by atoms with van der Waals surface area (Å²) < 4.78 is 0. The molecular formula is C12H15N3S. The third kappa shape index (κ3) is 3.47. The Balaban J connectivity index is 2.68. The highest BCUT2D eigenvalue weighted by molar-refractivity contribution is 7.80. The second kappa shape index (κ2) is 6.02. The van der Waals surface area contributed by atoms with Gasteiger partial charge in [-0.3, -0.25) is 0 Å². The molecule has 0 amide bonds. The van der Waals surface area contributed by atoms with Gasteiger partial charge in [-0.2, -0.15) is 5.10 Å². The fourth-order valence-corrected chi connectivity index (χ4v) is 1.13. The molecule has 1 N–H and O–H groups in total. The van der Waals surface area contributed by atoms with Crippen LogP contribution in [0.3, 0.4) is 0 Å². The Hall–Kier alpha value is -1.68. The van der Waals surface area contributed by atoms with Crippen LogP contribution in [0.2, 0.25) is 0 Å². The van der Waals surface area contributed by atoms with Crippen molar-refractivity contribution in [2.24, 2.45) is 5.10 Å². The molecule has 84 valence electrons. The van der Waals surface area contributed by atoms with E-state index < -0.39 is 0 Å². The maximum atomic E-state index is 5.02. The third-order valence-corrected chi connectivity index (χ3v) is 2.53. The summed E-state index contributed by atoms with van der Waals surface area (Å²) in [6.45, 7) is 3.70. The molecule has 0 bridgehead atoms. The van der Waals surface area contributed by atoms with E-state index in [-0.39, 0.29) is 0 Å². The van der Waals surface area contributed by atoms with Crippen molar-refractivity contribution in [2.45, 2.75) is 0 Å². The summed E-state index contributed by atoms with van der Waals surface area (Å²) in [7, 11) is 3.57. The lowest BCUT2D eigenvalue weighted by Gasteiger charge is -2.12. The van der Waals surface area contributed by atoms with Crippen LogP contribution < -0.4 is 5.32 Å². The number of nitrogens with one attached hydrogen (secondary N) is 1. The number of thiocarbonyl (C=S) groups is 1. The highest BCUT2D eigenvalue weighted by atomic mass is 32.1. The van der Waals surface area contributed by atoms with Gasteiger partial charge < -0.3 is 5.32 Å². The van der Waals surface area contributed by atoms with Gasteiger partial charge in [-0.15, -0.1) is 0 Å². The molecule has 4 heteroatoms. The number of rotatable bonds is 3. The zero-order chi connectivity index (χ0) is 12.0. The molecule has 0 aliphatic heterocycles. The van der Waals surface area contributed by atoms with Crippen molar-refractivity contribution in [3.8, 4) is 0 Å². The first-order valence-electron chi connectivity index (χ1n) is 4.89. The quantitative estimate of drug-likeness (QED) is 0.492. The molecule has 0 unspecified atom stereocenters. The van der Waals surface area contributed by atoms with E-state index in [4.69, 9.17) is 12.2 Å². The van der Waals surface area contributed by atoms with Crippen LogP contribution in [0.5, 0.6) is 0 Å². The minimum atomic E-state index is 0.582. The van der Waals surface area contributed by atoms with Gasteiger partial charge >= 0.3 is 0 Å². The van der Waals surface area contributed by atoms with Crippen LogP contribution in [0.25, 0.3) is 6.08 Å². The summed E-state index contributed by atoms with van der Waals surface area (Å²) in [5.74, 6) is 0. The SMILES string of the molecule is C=Cc1ccc(/C=N/N(C)C(=S)NC)cc1. The monoisotopic (exact) mass is 233 g/mol. The summed E-state index contributed by atoms with van der Waals surface area (Å²) >= 11 is 5.02. The van der Waals surface area contributed by atoms with Gasteiger partial charge in [0.15, 0.2) is 5.11 Å². The molecule has 0 spiro atoms. The molecule has 1 aromatic rings. The summed E-state index contributed by atoms with van der Waals surface area (Å²) in [5, 5.41) is 9.24. The average Bonchev–Trinajstić information content (AvgIpc) is 2.35.